The molecule has 2 aromatic heterocycles. The highest BCUT2D eigenvalue weighted by molar-refractivity contribution is 7.98. The average Bonchev–Trinajstić information content (AvgIpc) is 2.81. The van der Waals surface area contributed by atoms with Gasteiger partial charge < -0.3 is 5.32 Å². The molecule has 0 saturated carbocycles. The van der Waals surface area contributed by atoms with E-state index in [2.05, 4.69) is 55.4 Å². The molecule has 0 aliphatic heterocycles. The SMILES string of the molecule is CSCCC(C)Nc1nccn2nc(C(C)(C)C)cc12. The molecule has 1 N–H and O–H groups in total. The van der Waals surface area contributed by atoms with Crippen molar-refractivity contribution in [3.05, 3.63) is 24.2 Å². The van der Waals surface area contributed by atoms with Crippen molar-refractivity contribution in [3.63, 3.8) is 0 Å². The number of hydrogen-bond acceptors (Lipinski definition) is 4. The predicted molar refractivity (Wildman–Crippen MR) is 87.8 cm³/mol. The third-order valence-corrected chi connectivity index (χ3v) is 3.94. The summed E-state index contributed by atoms with van der Waals surface area (Å²) in [6, 6.07) is 2.55. The Balaban J connectivity index is 2.27. The Morgan fingerprint density at radius 1 is 1.40 bits per heavy atom. The molecule has 1 unspecified atom stereocenters. The number of anilines is 1. The van der Waals surface area contributed by atoms with Gasteiger partial charge in [0, 0.05) is 23.9 Å². The van der Waals surface area contributed by atoms with E-state index >= 15 is 0 Å². The quantitative estimate of drug-likeness (QED) is 0.914. The summed E-state index contributed by atoms with van der Waals surface area (Å²) < 4.78 is 1.91. The van der Waals surface area contributed by atoms with E-state index in [0.717, 1.165) is 29.2 Å². The van der Waals surface area contributed by atoms with Crippen molar-refractivity contribution in [3.8, 4) is 0 Å². The Morgan fingerprint density at radius 3 is 2.80 bits per heavy atom. The molecule has 110 valence electrons. The van der Waals surface area contributed by atoms with Crippen molar-refractivity contribution in [1.82, 2.24) is 14.6 Å². The summed E-state index contributed by atoms with van der Waals surface area (Å²) in [7, 11) is 0. The molecule has 0 aromatic carbocycles. The third-order valence-electron chi connectivity index (χ3n) is 3.30. The summed E-state index contributed by atoms with van der Waals surface area (Å²) in [5, 5.41) is 8.15. The molecule has 0 bridgehead atoms. The van der Waals surface area contributed by atoms with Crippen molar-refractivity contribution < 1.29 is 0 Å². The molecule has 20 heavy (non-hydrogen) atoms. The van der Waals surface area contributed by atoms with E-state index in [1.807, 2.05) is 22.5 Å². The third kappa shape index (κ3) is 3.45. The Bertz CT molecular complexity index is 571. The summed E-state index contributed by atoms with van der Waals surface area (Å²) in [5.41, 5.74) is 2.19. The first kappa shape index (κ1) is 15.2. The molecular formula is C15H24N4S. The van der Waals surface area contributed by atoms with Gasteiger partial charge >= 0.3 is 0 Å². The van der Waals surface area contributed by atoms with Crippen molar-refractivity contribution >= 4 is 23.1 Å². The van der Waals surface area contributed by atoms with E-state index in [4.69, 9.17) is 0 Å². The zero-order valence-corrected chi connectivity index (χ0v) is 13.8. The minimum atomic E-state index is 0.0494. The van der Waals surface area contributed by atoms with Crippen LogP contribution < -0.4 is 5.32 Å². The van der Waals surface area contributed by atoms with E-state index in [1.165, 1.54) is 0 Å². The van der Waals surface area contributed by atoms with Crippen LogP contribution in [0.2, 0.25) is 0 Å². The lowest BCUT2D eigenvalue weighted by molar-refractivity contribution is 0.562. The van der Waals surface area contributed by atoms with E-state index in [9.17, 15) is 0 Å². The minimum absolute atomic E-state index is 0.0494. The zero-order valence-electron chi connectivity index (χ0n) is 13.0. The molecule has 5 heteroatoms. The van der Waals surface area contributed by atoms with Gasteiger partial charge in [-0.1, -0.05) is 20.8 Å². The van der Waals surface area contributed by atoms with Gasteiger partial charge in [0.25, 0.3) is 0 Å². The van der Waals surface area contributed by atoms with Crippen molar-refractivity contribution in [2.45, 2.75) is 45.6 Å². The van der Waals surface area contributed by atoms with Crippen LogP contribution in [0.15, 0.2) is 18.5 Å². The highest BCUT2D eigenvalue weighted by Gasteiger charge is 2.19. The molecule has 0 aliphatic rings. The normalized spacial score (nSPS) is 13.7. The van der Waals surface area contributed by atoms with Crippen LogP contribution in [0.3, 0.4) is 0 Å². The summed E-state index contributed by atoms with van der Waals surface area (Å²) in [4.78, 5) is 4.47. The van der Waals surface area contributed by atoms with Crippen LogP contribution >= 0.6 is 11.8 Å². The summed E-state index contributed by atoms with van der Waals surface area (Å²) in [6.45, 7) is 8.73. The fourth-order valence-electron chi connectivity index (χ4n) is 2.00. The topological polar surface area (TPSA) is 42.2 Å². The van der Waals surface area contributed by atoms with Crippen LogP contribution in [-0.4, -0.2) is 32.6 Å². The standard InChI is InChI=1S/C15H24N4S/c1-11(6-9-20-5)17-14-12-10-13(15(2,3)4)18-19(12)8-7-16-14/h7-8,10-11H,6,9H2,1-5H3,(H,16,17). The maximum Gasteiger partial charge on any atom is 0.152 e. The van der Waals surface area contributed by atoms with Crippen molar-refractivity contribution in [1.29, 1.82) is 0 Å². The maximum atomic E-state index is 4.65. The predicted octanol–water partition coefficient (Wildman–Crippen LogP) is 3.58. The maximum absolute atomic E-state index is 4.65. The lowest BCUT2D eigenvalue weighted by Crippen LogP contribution is -2.17. The number of nitrogens with one attached hydrogen (secondary N) is 1. The molecular weight excluding hydrogens is 268 g/mol. The molecule has 0 amide bonds. The Morgan fingerprint density at radius 2 is 2.15 bits per heavy atom. The first-order valence-electron chi connectivity index (χ1n) is 7.02. The van der Waals surface area contributed by atoms with Gasteiger partial charge in [0.15, 0.2) is 5.82 Å². The molecule has 1 atom stereocenters. The first-order chi connectivity index (χ1) is 9.41. The van der Waals surface area contributed by atoms with Gasteiger partial charge in [0.2, 0.25) is 0 Å². The second-order valence-electron chi connectivity index (χ2n) is 6.21. The van der Waals surface area contributed by atoms with E-state index < -0.39 is 0 Å². The molecule has 0 fully saturated rings. The highest BCUT2D eigenvalue weighted by Crippen LogP contribution is 2.25. The second-order valence-corrected chi connectivity index (χ2v) is 7.20. The fraction of sp³-hybridized carbons (Fsp3) is 0.600. The van der Waals surface area contributed by atoms with Gasteiger partial charge in [-0.15, -0.1) is 0 Å². The number of rotatable bonds is 5. The molecule has 2 heterocycles. The number of hydrogen-bond donors (Lipinski definition) is 1. The van der Waals surface area contributed by atoms with Crippen molar-refractivity contribution in [2.24, 2.45) is 0 Å². The molecule has 2 rings (SSSR count). The van der Waals surface area contributed by atoms with Crippen LogP contribution in [0.25, 0.3) is 5.52 Å². The molecule has 4 nitrogen and oxygen atoms in total. The summed E-state index contributed by atoms with van der Waals surface area (Å²) in [6.07, 6.45) is 6.97. The average molecular weight is 292 g/mol. The lowest BCUT2D eigenvalue weighted by atomic mass is 9.92. The number of aromatic nitrogens is 3. The second kappa shape index (κ2) is 6.04. The van der Waals surface area contributed by atoms with Crippen LogP contribution in [0.5, 0.6) is 0 Å². The van der Waals surface area contributed by atoms with Gasteiger partial charge in [-0.3, -0.25) is 0 Å². The molecule has 0 saturated heterocycles. The van der Waals surface area contributed by atoms with Crippen LogP contribution in [0, 0.1) is 0 Å². The van der Waals surface area contributed by atoms with E-state index in [0.29, 0.717) is 6.04 Å². The van der Waals surface area contributed by atoms with Gasteiger partial charge in [0.05, 0.1) is 5.69 Å². The van der Waals surface area contributed by atoms with Gasteiger partial charge in [-0.2, -0.15) is 16.9 Å². The van der Waals surface area contributed by atoms with Crippen molar-refractivity contribution in [2.75, 3.05) is 17.3 Å². The van der Waals surface area contributed by atoms with Gasteiger partial charge in [-0.25, -0.2) is 9.50 Å². The lowest BCUT2D eigenvalue weighted by Gasteiger charge is -2.14. The van der Waals surface area contributed by atoms with E-state index in [-0.39, 0.29) is 5.41 Å². The van der Waals surface area contributed by atoms with Gasteiger partial charge in [0.1, 0.15) is 5.52 Å². The molecule has 2 aromatic rings. The largest absolute Gasteiger partial charge is 0.366 e. The number of fused-ring (bicyclic) bond motifs is 1. The van der Waals surface area contributed by atoms with E-state index in [1.54, 1.807) is 6.20 Å². The monoisotopic (exact) mass is 292 g/mol. The van der Waals surface area contributed by atoms with Crippen LogP contribution in [0.1, 0.15) is 39.8 Å². The Hall–Kier alpha value is -1.23. The first-order valence-corrected chi connectivity index (χ1v) is 8.41. The minimum Gasteiger partial charge on any atom is -0.366 e. The smallest absolute Gasteiger partial charge is 0.152 e. The van der Waals surface area contributed by atoms with Crippen LogP contribution in [0.4, 0.5) is 5.82 Å². The Kier molecular flexibility index (Phi) is 4.58. The summed E-state index contributed by atoms with van der Waals surface area (Å²) >= 11 is 1.87. The van der Waals surface area contributed by atoms with Gasteiger partial charge in [-0.05, 0) is 31.4 Å². The summed E-state index contributed by atoms with van der Waals surface area (Å²) in [5.74, 6) is 2.08. The molecule has 0 radical (unpaired) electrons. The number of nitrogens with zero attached hydrogens (tertiary/aromatic N) is 3. The fourth-order valence-corrected chi connectivity index (χ4v) is 2.59. The Labute approximate surface area is 125 Å². The molecule has 0 spiro atoms. The molecule has 0 aliphatic carbocycles. The zero-order chi connectivity index (χ0) is 14.8. The van der Waals surface area contributed by atoms with Crippen LogP contribution in [-0.2, 0) is 5.41 Å². The highest BCUT2D eigenvalue weighted by atomic mass is 32.2. The number of thioether (sulfide) groups is 1.